The maximum atomic E-state index is 12.6. The Kier molecular flexibility index (Phi) is 6.70. The highest BCUT2D eigenvalue weighted by atomic mass is 16.6. The Morgan fingerprint density at radius 3 is 2.58 bits per heavy atom. The maximum absolute atomic E-state index is 12.6. The Balaban J connectivity index is 1.54. The van der Waals surface area contributed by atoms with Gasteiger partial charge in [-0.25, -0.2) is 0 Å². The molecule has 0 radical (unpaired) electrons. The molecule has 0 aromatic heterocycles. The number of hydrogen-bond acceptors (Lipinski definition) is 5. The lowest BCUT2D eigenvalue weighted by molar-refractivity contribution is -0.384. The number of nitrogens with zero attached hydrogens (tertiary/aromatic N) is 2. The minimum absolute atomic E-state index is 0.140. The van der Waals surface area contributed by atoms with Gasteiger partial charge in [0, 0.05) is 42.9 Å². The average molecular weight is 425 g/mol. The molecule has 0 saturated heterocycles. The summed E-state index contributed by atoms with van der Waals surface area (Å²) in [4.78, 5) is 37.6. The normalized spacial score (nSPS) is 14.9. The van der Waals surface area contributed by atoms with E-state index in [2.05, 4.69) is 47.6 Å². The number of carbonyl (C=O) groups is 2. The molecule has 1 aliphatic rings. The second kappa shape index (κ2) is 9.26. The van der Waals surface area contributed by atoms with Crippen LogP contribution in [0.15, 0.2) is 48.5 Å². The molecule has 0 unspecified atom stereocenters. The van der Waals surface area contributed by atoms with E-state index >= 15 is 0 Å². The monoisotopic (exact) mass is 424 g/mol. The third-order valence-electron chi connectivity index (χ3n) is 5.74. The Hall–Kier alpha value is -3.26. The lowest BCUT2D eigenvalue weighted by atomic mass is 9.94. The van der Waals surface area contributed by atoms with Gasteiger partial charge < -0.3 is 10.6 Å². The number of rotatable bonds is 7. The summed E-state index contributed by atoms with van der Waals surface area (Å²) in [5.74, 6) is -0.831. The number of non-ortho nitro benzene ring substituents is 1. The Morgan fingerprint density at radius 1 is 1.16 bits per heavy atom. The summed E-state index contributed by atoms with van der Waals surface area (Å²) in [6, 6.07) is 13.1. The number of hydrogen-bond donors (Lipinski definition) is 2. The second-order valence-corrected chi connectivity index (χ2v) is 8.47. The first-order valence-electron chi connectivity index (χ1n) is 10.3. The molecule has 0 bridgehead atoms. The largest absolute Gasteiger partial charge is 0.352 e. The van der Waals surface area contributed by atoms with Crippen molar-refractivity contribution in [2.75, 3.05) is 13.1 Å². The van der Waals surface area contributed by atoms with Gasteiger partial charge in [0.05, 0.1) is 4.92 Å². The van der Waals surface area contributed by atoms with Crippen LogP contribution in [0.5, 0.6) is 0 Å². The summed E-state index contributed by atoms with van der Waals surface area (Å²) in [7, 11) is 0. The van der Waals surface area contributed by atoms with Crippen molar-refractivity contribution in [1.29, 1.82) is 0 Å². The van der Waals surface area contributed by atoms with Crippen molar-refractivity contribution >= 4 is 17.5 Å². The summed E-state index contributed by atoms with van der Waals surface area (Å²) < 4.78 is 0. The number of carbonyl (C=O) groups excluding carboxylic acids is 2. The molecule has 31 heavy (non-hydrogen) atoms. The quantitative estimate of drug-likeness (QED) is 0.525. The van der Waals surface area contributed by atoms with Gasteiger partial charge in [-0.05, 0) is 44.4 Å². The molecule has 164 valence electrons. The van der Waals surface area contributed by atoms with Crippen LogP contribution in [0.2, 0.25) is 0 Å². The van der Waals surface area contributed by atoms with Crippen molar-refractivity contribution in [3.8, 4) is 0 Å². The van der Waals surface area contributed by atoms with E-state index in [1.807, 2.05) is 6.07 Å². The first-order chi connectivity index (χ1) is 14.7. The molecule has 0 saturated carbocycles. The van der Waals surface area contributed by atoms with Crippen LogP contribution in [-0.4, -0.2) is 46.3 Å². The van der Waals surface area contributed by atoms with Crippen LogP contribution in [0.3, 0.4) is 0 Å². The van der Waals surface area contributed by atoms with E-state index in [1.54, 1.807) is 6.92 Å². The molecule has 2 aromatic rings. The molecule has 1 atom stereocenters. The SMILES string of the molecule is C[C@@H](NC(=O)c1cccc([N+](=O)[O-])c1)C(=O)NCC(C)(C)N1CCc2ccccc2C1. The number of benzene rings is 2. The Bertz CT molecular complexity index is 989. The lowest BCUT2D eigenvalue weighted by Gasteiger charge is -2.41. The van der Waals surface area contributed by atoms with Crippen molar-refractivity contribution in [2.24, 2.45) is 0 Å². The second-order valence-electron chi connectivity index (χ2n) is 8.47. The van der Waals surface area contributed by atoms with E-state index < -0.39 is 16.9 Å². The molecule has 0 aliphatic carbocycles. The van der Waals surface area contributed by atoms with Crippen LogP contribution in [0.1, 0.15) is 42.3 Å². The molecule has 0 spiro atoms. The van der Waals surface area contributed by atoms with E-state index in [0.717, 1.165) is 19.5 Å². The van der Waals surface area contributed by atoms with E-state index in [4.69, 9.17) is 0 Å². The first kappa shape index (κ1) is 22.4. The zero-order valence-corrected chi connectivity index (χ0v) is 18.1. The number of nitro groups is 1. The van der Waals surface area contributed by atoms with Gasteiger partial charge in [-0.1, -0.05) is 30.3 Å². The minimum atomic E-state index is -0.773. The van der Waals surface area contributed by atoms with E-state index in [0.29, 0.717) is 6.54 Å². The fourth-order valence-corrected chi connectivity index (χ4v) is 3.69. The molecule has 8 heteroatoms. The number of nitrogens with one attached hydrogen (secondary N) is 2. The van der Waals surface area contributed by atoms with Gasteiger partial charge in [0.25, 0.3) is 11.6 Å². The molecule has 3 rings (SSSR count). The van der Waals surface area contributed by atoms with E-state index in [-0.39, 0.29) is 22.7 Å². The van der Waals surface area contributed by atoms with Gasteiger partial charge in [0.2, 0.25) is 5.91 Å². The average Bonchev–Trinajstić information content (AvgIpc) is 2.77. The summed E-state index contributed by atoms with van der Waals surface area (Å²) in [5.41, 5.74) is 2.39. The molecule has 2 amide bonds. The van der Waals surface area contributed by atoms with Gasteiger partial charge in [-0.15, -0.1) is 0 Å². The van der Waals surface area contributed by atoms with Crippen LogP contribution in [-0.2, 0) is 17.8 Å². The molecular formula is C23H28N4O4. The Morgan fingerprint density at radius 2 is 1.87 bits per heavy atom. The summed E-state index contributed by atoms with van der Waals surface area (Å²) >= 11 is 0. The van der Waals surface area contributed by atoms with Crippen molar-refractivity contribution < 1.29 is 14.5 Å². The van der Waals surface area contributed by atoms with E-state index in [1.165, 1.54) is 35.4 Å². The zero-order chi connectivity index (χ0) is 22.6. The maximum Gasteiger partial charge on any atom is 0.270 e. The predicted molar refractivity (Wildman–Crippen MR) is 118 cm³/mol. The Labute approximate surface area is 181 Å². The van der Waals surface area contributed by atoms with Crippen molar-refractivity contribution in [3.05, 3.63) is 75.3 Å². The standard InChI is InChI=1S/C23H28N4O4/c1-16(25-22(29)18-9-6-10-20(13-18)27(30)31)21(28)24-15-23(2,3)26-12-11-17-7-4-5-8-19(17)14-26/h4-10,13,16H,11-12,14-15H2,1-3H3,(H,24,28)(H,25,29)/t16-/m1/s1. The molecule has 0 fully saturated rings. The van der Waals surface area contributed by atoms with Gasteiger partial charge in [-0.3, -0.25) is 24.6 Å². The highest BCUT2D eigenvalue weighted by molar-refractivity contribution is 5.97. The highest BCUT2D eigenvalue weighted by Gasteiger charge is 2.30. The molecule has 8 nitrogen and oxygen atoms in total. The summed E-state index contributed by atoms with van der Waals surface area (Å²) in [6.45, 7) is 7.96. The van der Waals surface area contributed by atoms with Crippen molar-refractivity contribution in [2.45, 2.75) is 45.3 Å². The van der Waals surface area contributed by atoms with Crippen LogP contribution >= 0.6 is 0 Å². The smallest absolute Gasteiger partial charge is 0.270 e. The number of fused-ring (bicyclic) bond motifs is 1. The fraction of sp³-hybridized carbons (Fsp3) is 0.391. The van der Waals surface area contributed by atoms with Crippen LogP contribution in [0, 0.1) is 10.1 Å². The van der Waals surface area contributed by atoms with Crippen LogP contribution in [0.4, 0.5) is 5.69 Å². The van der Waals surface area contributed by atoms with Gasteiger partial charge in [0.1, 0.15) is 6.04 Å². The third kappa shape index (κ3) is 5.46. The number of amides is 2. The van der Waals surface area contributed by atoms with Gasteiger partial charge >= 0.3 is 0 Å². The first-order valence-corrected chi connectivity index (χ1v) is 10.3. The number of nitro benzene ring substituents is 1. The molecular weight excluding hydrogens is 396 g/mol. The molecule has 1 heterocycles. The van der Waals surface area contributed by atoms with Crippen molar-refractivity contribution in [1.82, 2.24) is 15.5 Å². The molecule has 1 aliphatic heterocycles. The van der Waals surface area contributed by atoms with Gasteiger partial charge in [0.15, 0.2) is 0 Å². The predicted octanol–water partition coefficient (Wildman–Crippen LogP) is 2.67. The summed E-state index contributed by atoms with van der Waals surface area (Å²) in [6.07, 6.45) is 0.975. The van der Waals surface area contributed by atoms with Crippen molar-refractivity contribution in [3.63, 3.8) is 0 Å². The van der Waals surface area contributed by atoms with Crippen LogP contribution < -0.4 is 10.6 Å². The van der Waals surface area contributed by atoms with E-state index in [9.17, 15) is 19.7 Å². The topological polar surface area (TPSA) is 105 Å². The molecule has 2 aromatic carbocycles. The summed E-state index contributed by atoms with van der Waals surface area (Å²) in [5, 5.41) is 16.4. The highest BCUT2D eigenvalue weighted by Crippen LogP contribution is 2.25. The van der Waals surface area contributed by atoms with Crippen LogP contribution in [0.25, 0.3) is 0 Å². The lowest BCUT2D eigenvalue weighted by Crippen LogP contribution is -2.55. The minimum Gasteiger partial charge on any atom is -0.352 e. The third-order valence-corrected chi connectivity index (χ3v) is 5.74. The molecule has 2 N–H and O–H groups in total. The zero-order valence-electron chi connectivity index (χ0n) is 18.1. The fourth-order valence-electron chi connectivity index (χ4n) is 3.69. The van der Waals surface area contributed by atoms with Gasteiger partial charge in [-0.2, -0.15) is 0 Å².